The zero-order valence-corrected chi connectivity index (χ0v) is 12.6. The first-order valence-corrected chi connectivity index (χ1v) is 8.13. The molecule has 1 aliphatic heterocycles. The van der Waals surface area contributed by atoms with Crippen molar-refractivity contribution in [3.8, 4) is 5.75 Å². The first-order chi connectivity index (χ1) is 10.5. The standard InChI is InChI=1S/C15H14N2O4S/c1-10-15(18)16-13-9-12(7-8-14(13)21-10)22(19,20)17-11-5-3-2-4-6-11/h2-10,17H,1H3,(H,16,18). The summed E-state index contributed by atoms with van der Waals surface area (Å²) in [5.41, 5.74) is 0.813. The van der Waals surface area contributed by atoms with Crippen molar-refractivity contribution in [1.82, 2.24) is 0 Å². The van der Waals surface area contributed by atoms with E-state index in [0.29, 0.717) is 17.1 Å². The maximum absolute atomic E-state index is 12.4. The van der Waals surface area contributed by atoms with Gasteiger partial charge in [0.2, 0.25) is 0 Å². The fourth-order valence-electron chi connectivity index (χ4n) is 2.08. The van der Waals surface area contributed by atoms with Crippen LogP contribution in [0.2, 0.25) is 0 Å². The highest BCUT2D eigenvalue weighted by molar-refractivity contribution is 7.92. The van der Waals surface area contributed by atoms with Gasteiger partial charge < -0.3 is 10.1 Å². The van der Waals surface area contributed by atoms with Gasteiger partial charge >= 0.3 is 0 Å². The molecule has 0 fully saturated rings. The average molecular weight is 318 g/mol. The maximum atomic E-state index is 12.4. The van der Waals surface area contributed by atoms with Gasteiger partial charge in [-0.3, -0.25) is 9.52 Å². The lowest BCUT2D eigenvalue weighted by atomic mass is 10.2. The summed E-state index contributed by atoms with van der Waals surface area (Å²) in [6.45, 7) is 1.62. The summed E-state index contributed by atoms with van der Waals surface area (Å²) in [5, 5.41) is 2.63. The molecule has 6 nitrogen and oxygen atoms in total. The third-order valence-electron chi connectivity index (χ3n) is 3.22. The van der Waals surface area contributed by atoms with Crippen LogP contribution in [0.5, 0.6) is 5.75 Å². The molecule has 1 aliphatic rings. The Balaban J connectivity index is 1.92. The minimum Gasteiger partial charge on any atom is -0.479 e. The number of anilines is 2. The number of amides is 1. The monoisotopic (exact) mass is 318 g/mol. The Kier molecular flexibility index (Phi) is 3.50. The van der Waals surface area contributed by atoms with Crippen LogP contribution in [0.3, 0.4) is 0 Å². The molecule has 0 aliphatic carbocycles. The number of ether oxygens (including phenoxy) is 1. The second kappa shape index (κ2) is 5.34. The van der Waals surface area contributed by atoms with Crippen LogP contribution in [0, 0.1) is 0 Å². The fraction of sp³-hybridized carbons (Fsp3) is 0.133. The average Bonchev–Trinajstić information content (AvgIpc) is 2.48. The normalized spacial score (nSPS) is 17.1. The van der Waals surface area contributed by atoms with Crippen molar-refractivity contribution in [1.29, 1.82) is 0 Å². The van der Waals surface area contributed by atoms with Gasteiger partial charge in [0, 0.05) is 5.69 Å². The van der Waals surface area contributed by atoms with E-state index in [1.165, 1.54) is 18.2 Å². The van der Waals surface area contributed by atoms with Crippen LogP contribution in [-0.2, 0) is 14.8 Å². The van der Waals surface area contributed by atoms with Crippen molar-refractivity contribution in [2.75, 3.05) is 10.0 Å². The Morgan fingerprint density at radius 3 is 2.59 bits per heavy atom. The molecule has 0 saturated carbocycles. The molecule has 114 valence electrons. The molecule has 0 radical (unpaired) electrons. The van der Waals surface area contributed by atoms with Gasteiger partial charge in [0.05, 0.1) is 10.6 Å². The van der Waals surface area contributed by atoms with E-state index in [4.69, 9.17) is 4.74 Å². The zero-order chi connectivity index (χ0) is 15.7. The summed E-state index contributed by atoms with van der Waals surface area (Å²) in [6, 6.07) is 12.9. The third kappa shape index (κ3) is 2.75. The predicted octanol–water partition coefficient (Wildman–Crippen LogP) is 2.21. The highest BCUT2D eigenvalue weighted by atomic mass is 32.2. The van der Waals surface area contributed by atoms with Crippen LogP contribution in [0.4, 0.5) is 11.4 Å². The number of para-hydroxylation sites is 1. The van der Waals surface area contributed by atoms with Crippen LogP contribution in [0.1, 0.15) is 6.92 Å². The second-order valence-corrected chi connectivity index (χ2v) is 6.56. The minimum absolute atomic E-state index is 0.0496. The van der Waals surface area contributed by atoms with Crippen molar-refractivity contribution in [3.05, 3.63) is 48.5 Å². The van der Waals surface area contributed by atoms with Gasteiger partial charge in [-0.2, -0.15) is 0 Å². The summed E-state index contributed by atoms with van der Waals surface area (Å²) in [5.74, 6) is 0.142. The Labute approximate surface area is 128 Å². The number of sulfonamides is 1. The largest absolute Gasteiger partial charge is 0.479 e. The molecule has 3 rings (SSSR count). The number of nitrogens with one attached hydrogen (secondary N) is 2. The fourth-order valence-corrected chi connectivity index (χ4v) is 3.16. The Hall–Kier alpha value is -2.54. The van der Waals surface area contributed by atoms with Crippen LogP contribution in [0.15, 0.2) is 53.4 Å². The highest BCUT2D eigenvalue weighted by Gasteiger charge is 2.25. The van der Waals surface area contributed by atoms with Gasteiger partial charge in [-0.15, -0.1) is 0 Å². The molecule has 2 N–H and O–H groups in total. The molecule has 0 aromatic heterocycles. The van der Waals surface area contributed by atoms with Gasteiger partial charge in [0.1, 0.15) is 5.75 Å². The molecule has 1 amide bonds. The van der Waals surface area contributed by atoms with Gasteiger partial charge in [0.25, 0.3) is 15.9 Å². The minimum atomic E-state index is -3.73. The molecule has 22 heavy (non-hydrogen) atoms. The van der Waals surface area contributed by atoms with E-state index in [-0.39, 0.29) is 10.8 Å². The SMILES string of the molecule is CC1Oc2ccc(S(=O)(=O)Nc3ccccc3)cc2NC1=O. The number of carbonyl (C=O) groups excluding carboxylic acids is 1. The van der Waals surface area contributed by atoms with Gasteiger partial charge in [0.15, 0.2) is 6.10 Å². The van der Waals surface area contributed by atoms with Crippen LogP contribution >= 0.6 is 0 Å². The molecule has 0 spiro atoms. The van der Waals surface area contributed by atoms with Crippen LogP contribution in [0.25, 0.3) is 0 Å². The van der Waals surface area contributed by atoms with Crippen LogP contribution in [-0.4, -0.2) is 20.4 Å². The number of rotatable bonds is 3. The lowest BCUT2D eigenvalue weighted by Crippen LogP contribution is -2.34. The summed E-state index contributed by atoms with van der Waals surface area (Å²) < 4.78 is 32.6. The Morgan fingerprint density at radius 2 is 1.86 bits per heavy atom. The quantitative estimate of drug-likeness (QED) is 0.908. The highest BCUT2D eigenvalue weighted by Crippen LogP contribution is 2.32. The van der Waals surface area contributed by atoms with Gasteiger partial charge in [-0.05, 0) is 37.3 Å². The number of carbonyl (C=O) groups is 1. The van der Waals surface area contributed by atoms with Crippen molar-refractivity contribution >= 4 is 27.3 Å². The van der Waals surface area contributed by atoms with E-state index >= 15 is 0 Å². The van der Waals surface area contributed by atoms with E-state index < -0.39 is 16.1 Å². The Bertz CT molecular complexity index is 819. The van der Waals surface area contributed by atoms with E-state index in [1.807, 2.05) is 0 Å². The summed E-state index contributed by atoms with van der Waals surface area (Å²) in [7, 11) is -3.73. The molecular formula is C15H14N2O4S. The molecule has 1 atom stereocenters. The summed E-state index contributed by atoms with van der Waals surface area (Å²) in [4.78, 5) is 11.7. The van der Waals surface area contributed by atoms with Crippen LogP contribution < -0.4 is 14.8 Å². The molecule has 2 aromatic carbocycles. The Morgan fingerprint density at radius 1 is 1.14 bits per heavy atom. The van der Waals surface area contributed by atoms with Crippen molar-refractivity contribution in [3.63, 3.8) is 0 Å². The van der Waals surface area contributed by atoms with E-state index in [2.05, 4.69) is 10.0 Å². The molecule has 1 heterocycles. The zero-order valence-electron chi connectivity index (χ0n) is 11.7. The molecule has 0 saturated heterocycles. The van der Waals surface area contributed by atoms with Gasteiger partial charge in [-0.25, -0.2) is 8.42 Å². The van der Waals surface area contributed by atoms with E-state index in [0.717, 1.165) is 0 Å². The van der Waals surface area contributed by atoms with Crippen molar-refractivity contribution in [2.24, 2.45) is 0 Å². The molecule has 2 aromatic rings. The first-order valence-electron chi connectivity index (χ1n) is 6.65. The molecule has 1 unspecified atom stereocenters. The van der Waals surface area contributed by atoms with E-state index in [9.17, 15) is 13.2 Å². The maximum Gasteiger partial charge on any atom is 0.265 e. The number of hydrogen-bond acceptors (Lipinski definition) is 4. The van der Waals surface area contributed by atoms with Crippen molar-refractivity contribution in [2.45, 2.75) is 17.9 Å². The molecular weight excluding hydrogens is 304 g/mol. The lowest BCUT2D eigenvalue weighted by Gasteiger charge is -2.23. The molecule has 0 bridgehead atoms. The summed E-state index contributed by atoms with van der Waals surface area (Å²) >= 11 is 0. The topological polar surface area (TPSA) is 84.5 Å². The smallest absolute Gasteiger partial charge is 0.265 e. The van der Waals surface area contributed by atoms with Gasteiger partial charge in [-0.1, -0.05) is 18.2 Å². The number of fused-ring (bicyclic) bond motifs is 1. The second-order valence-electron chi connectivity index (χ2n) is 4.88. The van der Waals surface area contributed by atoms with Crippen molar-refractivity contribution < 1.29 is 17.9 Å². The number of hydrogen-bond donors (Lipinski definition) is 2. The summed E-state index contributed by atoms with van der Waals surface area (Å²) in [6.07, 6.45) is -0.600. The number of benzene rings is 2. The van der Waals surface area contributed by atoms with E-state index in [1.54, 1.807) is 37.3 Å². The lowest BCUT2D eigenvalue weighted by molar-refractivity contribution is -0.122. The predicted molar refractivity (Wildman–Crippen MR) is 82.4 cm³/mol. The third-order valence-corrected chi connectivity index (χ3v) is 4.60. The first kappa shape index (κ1) is 14.4. The molecule has 7 heteroatoms.